The molecule has 0 aliphatic carbocycles. The normalized spacial score (nSPS) is 12.3. The summed E-state index contributed by atoms with van der Waals surface area (Å²) in [5.74, 6) is 0.904. The predicted molar refractivity (Wildman–Crippen MR) is 116 cm³/mol. The number of benzene rings is 3. The van der Waals surface area contributed by atoms with Crippen molar-refractivity contribution in [3.63, 3.8) is 0 Å². The molecule has 0 radical (unpaired) electrons. The number of halogens is 1. The summed E-state index contributed by atoms with van der Waals surface area (Å²) in [4.78, 5) is 9.70. The van der Waals surface area contributed by atoms with Crippen LogP contribution >= 0.6 is 12.4 Å². The molecular formula is C24H17ClN2O. The smallest absolute Gasteiger partial charge is 0.129 e. The van der Waals surface area contributed by atoms with Crippen molar-refractivity contribution in [2.24, 2.45) is 0 Å². The molecule has 3 nitrogen and oxygen atoms in total. The van der Waals surface area contributed by atoms with Gasteiger partial charge in [0.05, 0.1) is 28.5 Å². The average Bonchev–Trinajstić information content (AvgIpc) is 2.73. The van der Waals surface area contributed by atoms with Gasteiger partial charge in [-0.3, -0.25) is 4.98 Å². The Morgan fingerprint density at radius 2 is 1.64 bits per heavy atom. The lowest BCUT2D eigenvalue weighted by atomic mass is 9.92. The topological polar surface area (TPSA) is 35.0 Å². The van der Waals surface area contributed by atoms with Crippen LogP contribution in [0.2, 0.25) is 0 Å². The molecule has 0 spiro atoms. The second kappa shape index (κ2) is 6.18. The first-order chi connectivity index (χ1) is 13.3. The van der Waals surface area contributed by atoms with Gasteiger partial charge >= 0.3 is 0 Å². The molecule has 2 aromatic heterocycles. The number of aryl methyl sites for hydroxylation is 1. The maximum absolute atomic E-state index is 6.14. The molecular weight excluding hydrogens is 368 g/mol. The highest BCUT2D eigenvalue weighted by molar-refractivity contribution is 6.08. The van der Waals surface area contributed by atoms with Crippen LogP contribution in [-0.4, -0.2) is 9.97 Å². The fourth-order valence-corrected chi connectivity index (χ4v) is 4.28. The Morgan fingerprint density at radius 3 is 2.54 bits per heavy atom. The molecule has 0 fully saturated rings. The molecule has 28 heavy (non-hydrogen) atoms. The first-order valence-electron chi connectivity index (χ1n) is 9.13. The summed E-state index contributed by atoms with van der Waals surface area (Å²) in [7, 11) is 0. The third kappa shape index (κ3) is 2.23. The Kier molecular flexibility index (Phi) is 3.74. The van der Waals surface area contributed by atoms with Crippen LogP contribution in [0, 0.1) is 6.92 Å². The number of pyridine rings is 2. The van der Waals surface area contributed by atoms with E-state index in [9.17, 15) is 0 Å². The number of hydrogen-bond acceptors (Lipinski definition) is 3. The van der Waals surface area contributed by atoms with E-state index in [0.29, 0.717) is 6.61 Å². The van der Waals surface area contributed by atoms with Crippen LogP contribution in [0.3, 0.4) is 0 Å². The monoisotopic (exact) mass is 384 g/mol. The molecule has 1 aliphatic heterocycles. The van der Waals surface area contributed by atoms with Gasteiger partial charge in [-0.1, -0.05) is 48.5 Å². The van der Waals surface area contributed by atoms with E-state index in [2.05, 4.69) is 60.4 Å². The van der Waals surface area contributed by atoms with Gasteiger partial charge in [0.25, 0.3) is 0 Å². The van der Waals surface area contributed by atoms with Gasteiger partial charge in [0.2, 0.25) is 0 Å². The lowest BCUT2D eigenvalue weighted by Crippen LogP contribution is -2.10. The Labute approximate surface area is 168 Å². The van der Waals surface area contributed by atoms with Crippen LogP contribution in [0.25, 0.3) is 43.8 Å². The molecule has 136 valence electrons. The maximum Gasteiger partial charge on any atom is 0.129 e. The van der Waals surface area contributed by atoms with Crippen molar-refractivity contribution < 1.29 is 4.74 Å². The van der Waals surface area contributed by atoms with Gasteiger partial charge in [0.1, 0.15) is 12.4 Å². The van der Waals surface area contributed by atoms with E-state index in [4.69, 9.17) is 9.72 Å². The second-order valence-corrected chi connectivity index (χ2v) is 7.05. The molecule has 1 aliphatic rings. The van der Waals surface area contributed by atoms with Crippen LogP contribution in [-0.2, 0) is 6.61 Å². The summed E-state index contributed by atoms with van der Waals surface area (Å²) in [5, 5.41) is 4.69. The minimum Gasteiger partial charge on any atom is -0.488 e. The third-order valence-corrected chi connectivity index (χ3v) is 5.60. The molecule has 4 heteroatoms. The zero-order valence-electron chi connectivity index (χ0n) is 15.3. The van der Waals surface area contributed by atoms with Crippen molar-refractivity contribution in [1.29, 1.82) is 0 Å². The molecule has 6 rings (SSSR count). The highest BCUT2D eigenvalue weighted by atomic mass is 35.5. The quantitative estimate of drug-likeness (QED) is 0.297. The second-order valence-electron chi connectivity index (χ2n) is 7.05. The first kappa shape index (κ1) is 17.0. The number of fused-ring (bicyclic) bond motifs is 8. The van der Waals surface area contributed by atoms with Gasteiger partial charge in [-0.05, 0) is 35.4 Å². The summed E-state index contributed by atoms with van der Waals surface area (Å²) in [5.41, 5.74) is 6.45. The first-order valence-corrected chi connectivity index (χ1v) is 9.13. The van der Waals surface area contributed by atoms with Crippen molar-refractivity contribution in [2.45, 2.75) is 13.5 Å². The lowest BCUT2D eigenvalue weighted by Gasteiger charge is -2.24. The van der Waals surface area contributed by atoms with Crippen LogP contribution in [0.15, 0.2) is 66.9 Å². The summed E-state index contributed by atoms with van der Waals surface area (Å²) in [6.45, 7) is 2.72. The van der Waals surface area contributed by atoms with Gasteiger partial charge < -0.3 is 4.74 Å². The van der Waals surface area contributed by atoms with Crippen LogP contribution < -0.4 is 4.74 Å². The fraction of sp³-hybridized carbons (Fsp3) is 0.0833. The number of aromatic nitrogens is 2. The number of nitrogens with zero attached hydrogens (tertiary/aromatic N) is 2. The van der Waals surface area contributed by atoms with Gasteiger partial charge in [-0.2, -0.15) is 0 Å². The van der Waals surface area contributed by atoms with E-state index in [1.165, 1.54) is 27.3 Å². The van der Waals surface area contributed by atoms with Crippen LogP contribution in [0.4, 0.5) is 0 Å². The van der Waals surface area contributed by atoms with Gasteiger partial charge in [-0.25, -0.2) is 4.98 Å². The van der Waals surface area contributed by atoms with Gasteiger partial charge in [0.15, 0.2) is 0 Å². The standard InChI is InChI=1S/C24H16N2O.ClH/c1-14-18-13-27-21-11-10-15-6-2-3-7-16(15)23(21)24(18)26-20-12-25-19-9-5-4-8-17(19)22(14)20;/h2-12H,13H2,1H3;1H. The Balaban J connectivity index is 0.00000171. The van der Waals surface area contributed by atoms with Crippen molar-refractivity contribution in [3.8, 4) is 17.0 Å². The summed E-state index contributed by atoms with van der Waals surface area (Å²) < 4.78 is 6.14. The van der Waals surface area contributed by atoms with Gasteiger partial charge in [0, 0.05) is 16.3 Å². The maximum atomic E-state index is 6.14. The molecule has 3 aromatic carbocycles. The molecule has 0 saturated heterocycles. The molecule has 0 atom stereocenters. The molecule has 0 unspecified atom stereocenters. The van der Waals surface area contributed by atoms with Crippen LogP contribution in [0.1, 0.15) is 11.1 Å². The average molecular weight is 385 g/mol. The Morgan fingerprint density at radius 1 is 0.857 bits per heavy atom. The van der Waals surface area contributed by atoms with E-state index >= 15 is 0 Å². The third-order valence-electron chi connectivity index (χ3n) is 5.60. The highest BCUT2D eigenvalue weighted by Crippen LogP contribution is 2.44. The van der Waals surface area contributed by atoms with Crippen LogP contribution in [0.5, 0.6) is 5.75 Å². The van der Waals surface area contributed by atoms with Crippen molar-refractivity contribution in [3.05, 3.63) is 78.0 Å². The fourth-order valence-electron chi connectivity index (χ4n) is 4.28. The van der Waals surface area contributed by atoms with E-state index in [1.54, 1.807) is 0 Å². The molecule has 0 bridgehead atoms. The number of hydrogen-bond donors (Lipinski definition) is 0. The summed E-state index contributed by atoms with van der Waals surface area (Å²) in [6, 6.07) is 20.8. The Hall–Kier alpha value is -3.17. The molecule has 5 aromatic rings. The largest absolute Gasteiger partial charge is 0.488 e. The van der Waals surface area contributed by atoms with E-state index in [0.717, 1.165) is 33.4 Å². The zero-order chi connectivity index (χ0) is 18.0. The molecule has 0 saturated carbocycles. The van der Waals surface area contributed by atoms with Crippen molar-refractivity contribution in [2.75, 3.05) is 0 Å². The Bertz CT molecular complexity index is 1390. The lowest BCUT2D eigenvalue weighted by molar-refractivity contribution is 0.301. The summed E-state index contributed by atoms with van der Waals surface area (Å²) in [6.07, 6.45) is 1.89. The minimum absolute atomic E-state index is 0. The van der Waals surface area contributed by atoms with E-state index in [1.807, 2.05) is 18.3 Å². The molecule has 3 heterocycles. The minimum atomic E-state index is 0. The van der Waals surface area contributed by atoms with Crippen molar-refractivity contribution in [1.82, 2.24) is 9.97 Å². The van der Waals surface area contributed by atoms with E-state index < -0.39 is 0 Å². The predicted octanol–water partition coefficient (Wildman–Crippen LogP) is 6.23. The molecule has 0 N–H and O–H groups in total. The van der Waals surface area contributed by atoms with Crippen molar-refractivity contribution >= 4 is 45.0 Å². The SMILES string of the molecule is Cc1c2c(nc3cnc4ccccc4c13)-c1c(ccc3ccccc13)OC2.Cl. The molecule has 0 amide bonds. The summed E-state index contributed by atoms with van der Waals surface area (Å²) >= 11 is 0. The zero-order valence-corrected chi connectivity index (χ0v) is 16.1. The van der Waals surface area contributed by atoms with E-state index in [-0.39, 0.29) is 12.4 Å². The highest BCUT2D eigenvalue weighted by Gasteiger charge is 2.24. The number of rotatable bonds is 0. The number of para-hydroxylation sites is 1. The van der Waals surface area contributed by atoms with Gasteiger partial charge in [-0.15, -0.1) is 12.4 Å². The number of ether oxygens (including phenoxy) is 1.